The quantitative estimate of drug-likeness (QED) is 0.588. The Balaban J connectivity index is 1.43. The Kier molecular flexibility index (Phi) is 6.21. The Hall–Kier alpha value is -2.00. The van der Waals surface area contributed by atoms with E-state index in [9.17, 15) is 4.79 Å². The lowest BCUT2D eigenvalue weighted by Crippen LogP contribution is -2.43. The topological polar surface area (TPSA) is 70.2 Å². The monoisotopic (exact) mass is 460 g/mol. The van der Waals surface area contributed by atoms with Gasteiger partial charge in [-0.25, -0.2) is 0 Å². The molecular weight excluding hydrogens is 440 g/mol. The molecule has 3 aromatic rings. The molecule has 0 radical (unpaired) electrons. The standard InChI is InChI=1S/C20H21BrN4O2S/c21-15-5-3-14(4-6-15)16-12-17(24-23-16)20(26)22-13-18(19-2-1-11-28-19)25-7-9-27-10-8-25/h1-6,11-12,18H,7-10,13H2,(H,22,26)(H,23,24). The zero-order valence-electron chi connectivity index (χ0n) is 15.2. The smallest absolute Gasteiger partial charge is 0.269 e. The maximum Gasteiger partial charge on any atom is 0.269 e. The van der Waals surface area contributed by atoms with Crippen LogP contribution in [-0.4, -0.2) is 53.9 Å². The largest absolute Gasteiger partial charge is 0.379 e. The number of nitrogens with one attached hydrogen (secondary N) is 2. The van der Waals surface area contributed by atoms with Crippen LogP contribution in [0.25, 0.3) is 11.3 Å². The van der Waals surface area contributed by atoms with E-state index in [0.717, 1.165) is 42.0 Å². The fourth-order valence-corrected chi connectivity index (χ4v) is 4.40. The van der Waals surface area contributed by atoms with Crippen molar-refractivity contribution in [2.45, 2.75) is 6.04 Å². The van der Waals surface area contributed by atoms with Gasteiger partial charge in [0.25, 0.3) is 5.91 Å². The summed E-state index contributed by atoms with van der Waals surface area (Å²) in [6.07, 6.45) is 0. The third-order valence-electron chi connectivity index (χ3n) is 4.78. The molecule has 2 aromatic heterocycles. The fourth-order valence-electron chi connectivity index (χ4n) is 3.27. The third-order valence-corrected chi connectivity index (χ3v) is 6.28. The summed E-state index contributed by atoms with van der Waals surface area (Å²) in [4.78, 5) is 16.3. The lowest BCUT2D eigenvalue weighted by atomic mass is 10.1. The number of morpholine rings is 1. The highest BCUT2D eigenvalue weighted by molar-refractivity contribution is 9.10. The number of ether oxygens (including phenoxy) is 1. The van der Waals surface area contributed by atoms with E-state index in [1.54, 1.807) is 17.4 Å². The van der Waals surface area contributed by atoms with Crippen LogP contribution in [0.3, 0.4) is 0 Å². The average molecular weight is 461 g/mol. The molecule has 8 heteroatoms. The predicted octanol–water partition coefficient (Wildman–Crippen LogP) is 3.70. The Bertz CT molecular complexity index is 905. The predicted molar refractivity (Wildman–Crippen MR) is 114 cm³/mol. The number of hydrogen-bond acceptors (Lipinski definition) is 5. The van der Waals surface area contributed by atoms with Crippen LogP contribution in [0.1, 0.15) is 21.4 Å². The molecular formula is C20H21BrN4O2S. The molecule has 0 aliphatic carbocycles. The number of amides is 1. The molecule has 4 rings (SSSR count). The summed E-state index contributed by atoms with van der Waals surface area (Å²) in [5.74, 6) is -0.148. The number of rotatable bonds is 6. The van der Waals surface area contributed by atoms with Crippen LogP contribution in [0.2, 0.25) is 0 Å². The van der Waals surface area contributed by atoms with Gasteiger partial charge < -0.3 is 10.1 Å². The van der Waals surface area contributed by atoms with Gasteiger partial charge in [-0.3, -0.25) is 14.8 Å². The van der Waals surface area contributed by atoms with Gasteiger partial charge in [-0.15, -0.1) is 11.3 Å². The zero-order valence-corrected chi connectivity index (χ0v) is 17.6. The van der Waals surface area contributed by atoms with Gasteiger partial charge in [0, 0.05) is 34.5 Å². The molecule has 1 aliphatic heterocycles. The van der Waals surface area contributed by atoms with Crippen molar-refractivity contribution in [2.24, 2.45) is 0 Å². The molecule has 1 saturated heterocycles. The van der Waals surface area contributed by atoms with E-state index >= 15 is 0 Å². The summed E-state index contributed by atoms with van der Waals surface area (Å²) in [7, 11) is 0. The normalized spacial score (nSPS) is 16.0. The number of hydrogen-bond donors (Lipinski definition) is 2. The van der Waals surface area contributed by atoms with Crippen LogP contribution in [0.5, 0.6) is 0 Å². The number of aromatic nitrogens is 2. The third kappa shape index (κ3) is 4.52. The molecule has 0 bridgehead atoms. The molecule has 2 N–H and O–H groups in total. The van der Waals surface area contributed by atoms with Gasteiger partial charge in [0.2, 0.25) is 0 Å². The average Bonchev–Trinajstić information content (AvgIpc) is 3.42. The Labute approximate surface area is 176 Å². The first-order valence-electron chi connectivity index (χ1n) is 9.15. The van der Waals surface area contributed by atoms with E-state index in [1.807, 2.05) is 24.3 Å². The van der Waals surface area contributed by atoms with Crippen LogP contribution in [0.15, 0.2) is 52.3 Å². The van der Waals surface area contributed by atoms with Crippen molar-refractivity contribution in [1.29, 1.82) is 0 Å². The van der Waals surface area contributed by atoms with E-state index in [-0.39, 0.29) is 11.9 Å². The first kappa shape index (κ1) is 19.3. The lowest BCUT2D eigenvalue weighted by molar-refractivity contribution is 0.0169. The van der Waals surface area contributed by atoms with Gasteiger partial charge in [-0.1, -0.05) is 34.1 Å². The second kappa shape index (κ2) is 9.00. The second-order valence-corrected chi connectivity index (χ2v) is 8.46. The summed E-state index contributed by atoms with van der Waals surface area (Å²) in [5.41, 5.74) is 2.17. The number of nitrogens with zero attached hydrogens (tertiary/aromatic N) is 2. The van der Waals surface area contributed by atoms with E-state index in [4.69, 9.17) is 4.74 Å². The van der Waals surface area contributed by atoms with E-state index in [2.05, 4.69) is 53.9 Å². The van der Waals surface area contributed by atoms with Crippen molar-refractivity contribution in [3.8, 4) is 11.3 Å². The van der Waals surface area contributed by atoms with E-state index < -0.39 is 0 Å². The van der Waals surface area contributed by atoms with Gasteiger partial charge in [0.1, 0.15) is 5.69 Å². The van der Waals surface area contributed by atoms with E-state index in [1.165, 1.54) is 4.88 Å². The minimum atomic E-state index is -0.148. The molecule has 28 heavy (non-hydrogen) atoms. The fraction of sp³-hybridized carbons (Fsp3) is 0.300. The summed E-state index contributed by atoms with van der Waals surface area (Å²) in [5, 5.41) is 12.3. The highest BCUT2D eigenvalue weighted by atomic mass is 79.9. The van der Waals surface area contributed by atoms with Gasteiger partial charge in [-0.2, -0.15) is 5.10 Å². The van der Waals surface area contributed by atoms with Crippen molar-refractivity contribution in [3.63, 3.8) is 0 Å². The SMILES string of the molecule is O=C(NCC(c1cccs1)N1CCOCC1)c1cc(-c2ccc(Br)cc2)n[nH]1. The minimum absolute atomic E-state index is 0.148. The van der Waals surface area contributed by atoms with Crippen molar-refractivity contribution in [1.82, 2.24) is 20.4 Å². The number of H-pyrrole nitrogens is 1. The molecule has 0 spiro atoms. The Morgan fingerprint density at radius 3 is 2.79 bits per heavy atom. The van der Waals surface area contributed by atoms with Crippen LogP contribution in [0.4, 0.5) is 0 Å². The molecule has 6 nitrogen and oxygen atoms in total. The number of aromatic amines is 1. The van der Waals surface area contributed by atoms with E-state index in [0.29, 0.717) is 12.2 Å². The highest BCUT2D eigenvalue weighted by Crippen LogP contribution is 2.26. The van der Waals surface area contributed by atoms with Gasteiger partial charge >= 0.3 is 0 Å². The summed E-state index contributed by atoms with van der Waals surface area (Å²) in [6, 6.07) is 14.0. The highest BCUT2D eigenvalue weighted by Gasteiger charge is 2.24. The molecule has 0 saturated carbocycles. The zero-order chi connectivity index (χ0) is 19.3. The Morgan fingerprint density at radius 2 is 2.07 bits per heavy atom. The number of benzene rings is 1. The first-order chi connectivity index (χ1) is 13.7. The van der Waals surface area contributed by atoms with Crippen LogP contribution < -0.4 is 5.32 Å². The molecule has 1 atom stereocenters. The number of thiophene rings is 1. The van der Waals surface area contributed by atoms with Gasteiger partial charge in [0.15, 0.2) is 0 Å². The lowest BCUT2D eigenvalue weighted by Gasteiger charge is -2.34. The van der Waals surface area contributed by atoms with Crippen molar-refractivity contribution in [2.75, 3.05) is 32.8 Å². The maximum atomic E-state index is 12.7. The Morgan fingerprint density at radius 1 is 1.29 bits per heavy atom. The molecule has 146 valence electrons. The molecule has 1 amide bonds. The van der Waals surface area contributed by atoms with Crippen LogP contribution >= 0.6 is 27.3 Å². The van der Waals surface area contributed by atoms with Gasteiger partial charge in [0.05, 0.1) is 24.9 Å². The van der Waals surface area contributed by atoms with Crippen molar-refractivity contribution < 1.29 is 9.53 Å². The number of carbonyl (C=O) groups excluding carboxylic acids is 1. The molecule has 1 aliphatic rings. The van der Waals surface area contributed by atoms with Crippen molar-refractivity contribution in [3.05, 3.63) is 62.9 Å². The molecule has 1 aromatic carbocycles. The first-order valence-corrected chi connectivity index (χ1v) is 10.8. The minimum Gasteiger partial charge on any atom is -0.379 e. The summed E-state index contributed by atoms with van der Waals surface area (Å²) < 4.78 is 6.48. The maximum absolute atomic E-state index is 12.7. The van der Waals surface area contributed by atoms with Crippen LogP contribution in [-0.2, 0) is 4.74 Å². The van der Waals surface area contributed by atoms with Crippen LogP contribution in [0, 0.1) is 0 Å². The van der Waals surface area contributed by atoms with Gasteiger partial charge in [-0.05, 0) is 29.6 Å². The number of carbonyl (C=O) groups is 1. The molecule has 3 heterocycles. The van der Waals surface area contributed by atoms with Crippen molar-refractivity contribution >= 4 is 33.2 Å². The molecule has 1 unspecified atom stereocenters. The number of halogens is 1. The summed E-state index contributed by atoms with van der Waals surface area (Å²) in [6.45, 7) is 3.75. The second-order valence-electron chi connectivity index (χ2n) is 6.56. The molecule has 1 fully saturated rings. The summed E-state index contributed by atoms with van der Waals surface area (Å²) >= 11 is 5.14.